The van der Waals surface area contributed by atoms with Gasteiger partial charge < -0.3 is 14.0 Å². The Hall–Kier alpha value is -3.72. The van der Waals surface area contributed by atoms with Gasteiger partial charge in [0.15, 0.2) is 6.10 Å². The summed E-state index contributed by atoms with van der Waals surface area (Å²) in [6.07, 6.45) is 1.01. The largest absolute Gasteiger partial charge is 0.479 e. The molecule has 2 heterocycles. The minimum Gasteiger partial charge on any atom is -0.479 e. The van der Waals surface area contributed by atoms with Crippen molar-refractivity contribution in [1.82, 2.24) is 14.2 Å². The number of aromatic nitrogens is 3. The molecule has 38 heavy (non-hydrogen) atoms. The van der Waals surface area contributed by atoms with Crippen LogP contribution >= 0.6 is 15.9 Å². The van der Waals surface area contributed by atoms with Gasteiger partial charge in [0.2, 0.25) is 0 Å². The predicted molar refractivity (Wildman–Crippen MR) is 153 cm³/mol. The molecule has 0 amide bonds. The van der Waals surface area contributed by atoms with E-state index < -0.39 is 12.1 Å². The first-order valence-corrected chi connectivity index (χ1v) is 13.3. The molecule has 9 heteroatoms. The third kappa shape index (κ3) is 5.57. The summed E-state index contributed by atoms with van der Waals surface area (Å²) < 4.78 is 15.0. The SMILES string of the molecule is CCOC(=O)[C@H](C)Oc1ccc(-n2c(C)cc(C=Nn3c(C(C)C)nc4ccc(Br)cc4c3=O)c2C)cc1. The third-order valence-corrected chi connectivity index (χ3v) is 6.65. The number of fused-ring (bicyclic) bond motifs is 1. The summed E-state index contributed by atoms with van der Waals surface area (Å²) in [4.78, 5) is 29.9. The Morgan fingerprint density at radius 1 is 1.11 bits per heavy atom. The van der Waals surface area contributed by atoms with Crippen molar-refractivity contribution in [1.29, 1.82) is 0 Å². The molecule has 4 rings (SSSR count). The number of ether oxygens (including phenoxy) is 2. The van der Waals surface area contributed by atoms with Gasteiger partial charge in [-0.05, 0) is 76.2 Å². The van der Waals surface area contributed by atoms with Gasteiger partial charge in [-0.25, -0.2) is 9.78 Å². The maximum Gasteiger partial charge on any atom is 0.347 e. The van der Waals surface area contributed by atoms with Gasteiger partial charge in [-0.1, -0.05) is 29.8 Å². The molecule has 2 aromatic heterocycles. The minimum absolute atomic E-state index is 0.00705. The van der Waals surface area contributed by atoms with Crippen molar-refractivity contribution < 1.29 is 14.3 Å². The minimum atomic E-state index is -0.691. The van der Waals surface area contributed by atoms with Crippen molar-refractivity contribution in [3.05, 3.63) is 86.1 Å². The normalized spacial score (nSPS) is 12.4. The van der Waals surface area contributed by atoms with Gasteiger partial charge in [0.05, 0.1) is 23.7 Å². The summed E-state index contributed by atoms with van der Waals surface area (Å²) in [6.45, 7) is 11.7. The Kier molecular flexibility index (Phi) is 8.16. The Labute approximate surface area is 230 Å². The fraction of sp³-hybridized carbons (Fsp3) is 0.310. The fourth-order valence-electron chi connectivity index (χ4n) is 4.27. The Balaban J connectivity index is 1.65. The van der Waals surface area contributed by atoms with Gasteiger partial charge in [-0.15, -0.1) is 0 Å². The molecule has 0 saturated carbocycles. The maximum absolute atomic E-state index is 13.3. The number of hydrogen-bond acceptors (Lipinski definition) is 6. The van der Waals surface area contributed by atoms with Gasteiger partial charge >= 0.3 is 5.97 Å². The van der Waals surface area contributed by atoms with Gasteiger partial charge in [0.1, 0.15) is 11.6 Å². The second kappa shape index (κ2) is 11.3. The van der Waals surface area contributed by atoms with Crippen LogP contribution in [0.2, 0.25) is 0 Å². The second-order valence-electron chi connectivity index (χ2n) is 9.32. The molecule has 2 aromatic carbocycles. The van der Waals surface area contributed by atoms with Crippen molar-refractivity contribution in [3.63, 3.8) is 0 Å². The molecule has 0 aliphatic rings. The average molecular weight is 579 g/mol. The molecule has 0 aliphatic heterocycles. The van der Waals surface area contributed by atoms with Crippen LogP contribution in [0.4, 0.5) is 0 Å². The summed E-state index contributed by atoms with van der Waals surface area (Å²) in [6, 6.07) is 15.0. The topological polar surface area (TPSA) is 87.7 Å². The van der Waals surface area contributed by atoms with Crippen LogP contribution in [0.5, 0.6) is 5.75 Å². The van der Waals surface area contributed by atoms with Crippen molar-refractivity contribution in [2.24, 2.45) is 5.10 Å². The number of carbonyl (C=O) groups is 1. The summed E-state index contributed by atoms with van der Waals surface area (Å²) >= 11 is 3.44. The number of rotatable bonds is 8. The lowest BCUT2D eigenvalue weighted by Crippen LogP contribution is -2.26. The van der Waals surface area contributed by atoms with Crippen molar-refractivity contribution in [3.8, 4) is 11.4 Å². The molecule has 0 N–H and O–H groups in total. The first-order chi connectivity index (χ1) is 18.1. The highest BCUT2D eigenvalue weighted by molar-refractivity contribution is 9.10. The number of halogens is 1. The summed E-state index contributed by atoms with van der Waals surface area (Å²) in [5.41, 5.74) is 4.24. The lowest BCUT2D eigenvalue weighted by Gasteiger charge is -2.15. The van der Waals surface area contributed by atoms with Gasteiger partial charge in [-0.2, -0.15) is 9.78 Å². The molecule has 8 nitrogen and oxygen atoms in total. The standard InChI is InChI=1S/C29H31BrN4O4/c1-7-37-29(36)20(6)38-24-11-9-23(10-12-24)33-18(4)14-21(19(33)5)16-31-34-27(17(2)3)32-26-13-8-22(30)15-25(26)28(34)35/h8-17,20H,7H2,1-6H3/t20-/m0/s1. The molecule has 198 valence electrons. The molecule has 4 aromatic rings. The summed E-state index contributed by atoms with van der Waals surface area (Å²) in [5.74, 6) is 0.788. The van der Waals surface area contributed by atoms with Gasteiger partial charge in [0, 0.05) is 33.0 Å². The van der Waals surface area contributed by atoms with E-state index in [1.165, 1.54) is 4.68 Å². The monoisotopic (exact) mass is 578 g/mol. The van der Waals surface area contributed by atoms with E-state index in [1.54, 1.807) is 26.1 Å². The van der Waals surface area contributed by atoms with E-state index in [0.717, 1.165) is 27.1 Å². The number of nitrogens with zero attached hydrogens (tertiary/aromatic N) is 4. The fourth-order valence-corrected chi connectivity index (χ4v) is 4.63. The molecule has 0 spiro atoms. The highest BCUT2D eigenvalue weighted by Crippen LogP contribution is 2.23. The highest BCUT2D eigenvalue weighted by atomic mass is 79.9. The Bertz CT molecular complexity index is 1570. The molecule has 0 fully saturated rings. The van der Waals surface area contributed by atoms with Crippen LogP contribution in [0.3, 0.4) is 0 Å². The van der Waals surface area contributed by atoms with Gasteiger partial charge in [-0.3, -0.25) is 4.79 Å². The zero-order chi connectivity index (χ0) is 27.6. The van der Waals surface area contributed by atoms with E-state index in [-0.39, 0.29) is 11.5 Å². The molecule has 0 saturated heterocycles. The van der Waals surface area contributed by atoms with E-state index in [2.05, 4.69) is 25.6 Å². The lowest BCUT2D eigenvalue weighted by molar-refractivity contribution is -0.150. The second-order valence-corrected chi connectivity index (χ2v) is 10.2. The van der Waals surface area contributed by atoms with E-state index in [9.17, 15) is 9.59 Å². The molecule has 0 bridgehead atoms. The van der Waals surface area contributed by atoms with Crippen LogP contribution in [0, 0.1) is 13.8 Å². The first kappa shape index (κ1) is 27.3. The van der Waals surface area contributed by atoms with E-state index in [0.29, 0.717) is 29.1 Å². The highest BCUT2D eigenvalue weighted by Gasteiger charge is 2.17. The van der Waals surface area contributed by atoms with E-state index >= 15 is 0 Å². The van der Waals surface area contributed by atoms with Crippen LogP contribution in [-0.2, 0) is 9.53 Å². The Morgan fingerprint density at radius 2 is 1.82 bits per heavy atom. The van der Waals surface area contributed by atoms with Crippen molar-refractivity contribution in [2.75, 3.05) is 6.61 Å². The summed E-state index contributed by atoms with van der Waals surface area (Å²) in [7, 11) is 0. The average Bonchev–Trinajstić information content (AvgIpc) is 3.16. The Morgan fingerprint density at radius 3 is 2.47 bits per heavy atom. The van der Waals surface area contributed by atoms with E-state index in [4.69, 9.17) is 14.5 Å². The lowest BCUT2D eigenvalue weighted by atomic mass is 10.2. The van der Waals surface area contributed by atoms with E-state index in [1.807, 2.05) is 70.2 Å². The third-order valence-electron chi connectivity index (χ3n) is 6.16. The number of esters is 1. The number of benzene rings is 2. The molecule has 1 atom stereocenters. The molecular formula is C29H31BrN4O4. The van der Waals surface area contributed by atoms with Crippen LogP contribution in [0.15, 0.2) is 62.9 Å². The van der Waals surface area contributed by atoms with Crippen LogP contribution < -0.4 is 10.3 Å². The molecule has 0 unspecified atom stereocenters. The van der Waals surface area contributed by atoms with Crippen molar-refractivity contribution >= 4 is 39.0 Å². The molecular weight excluding hydrogens is 548 g/mol. The number of hydrogen-bond donors (Lipinski definition) is 0. The molecule has 0 aliphatic carbocycles. The number of aryl methyl sites for hydroxylation is 1. The molecule has 0 radical (unpaired) electrons. The predicted octanol–water partition coefficient (Wildman–Crippen LogP) is 5.90. The van der Waals surface area contributed by atoms with Crippen molar-refractivity contribution in [2.45, 2.75) is 53.6 Å². The number of carbonyl (C=O) groups excluding carboxylic acids is 1. The smallest absolute Gasteiger partial charge is 0.347 e. The van der Waals surface area contributed by atoms with Crippen LogP contribution in [0.25, 0.3) is 16.6 Å². The zero-order valence-corrected chi connectivity index (χ0v) is 23.9. The zero-order valence-electron chi connectivity index (χ0n) is 22.4. The van der Waals surface area contributed by atoms with Crippen LogP contribution in [-0.4, -0.2) is 39.1 Å². The first-order valence-electron chi connectivity index (χ1n) is 12.5. The van der Waals surface area contributed by atoms with Gasteiger partial charge in [0.25, 0.3) is 5.56 Å². The summed E-state index contributed by atoms with van der Waals surface area (Å²) in [5, 5.41) is 5.09. The van der Waals surface area contributed by atoms with Crippen LogP contribution in [0.1, 0.15) is 56.4 Å². The quantitative estimate of drug-likeness (QED) is 0.192. The maximum atomic E-state index is 13.3.